The van der Waals surface area contributed by atoms with Gasteiger partial charge in [0.2, 0.25) is 0 Å². The molecule has 1 fully saturated rings. The summed E-state index contributed by atoms with van der Waals surface area (Å²) in [5.41, 5.74) is 6.53. The molecule has 100 valence electrons. The zero-order chi connectivity index (χ0) is 13.4. The second-order valence-electron chi connectivity index (χ2n) is 5.66. The summed E-state index contributed by atoms with van der Waals surface area (Å²) in [5.74, 6) is 1.05. The Morgan fingerprint density at radius 2 is 1.79 bits per heavy atom. The summed E-state index contributed by atoms with van der Waals surface area (Å²) in [6.07, 6.45) is 4.41. The van der Waals surface area contributed by atoms with Gasteiger partial charge in [-0.15, -0.1) is 0 Å². The van der Waals surface area contributed by atoms with E-state index in [2.05, 4.69) is 44.3 Å². The van der Waals surface area contributed by atoms with Gasteiger partial charge in [0, 0.05) is 11.6 Å². The molecule has 3 rings (SSSR count). The molecule has 0 saturated heterocycles. The zero-order valence-corrected chi connectivity index (χ0v) is 11.9. The van der Waals surface area contributed by atoms with Crippen molar-refractivity contribution in [3.05, 3.63) is 46.9 Å². The van der Waals surface area contributed by atoms with Crippen LogP contribution < -0.4 is 5.32 Å². The van der Waals surface area contributed by atoms with E-state index in [1.165, 1.54) is 40.7 Å². The van der Waals surface area contributed by atoms with Crippen LogP contribution in [0.4, 0.5) is 0 Å². The number of rotatable bonds is 4. The predicted octanol–water partition coefficient (Wildman–Crippen LogP) is 4.12. The van der Waals surface area contributed by atoms with Gasteiger partial charge in [0.1, 0.15) is 5.76 Å². The lowest BCUT2D eigenvalue weighted by molar-refractivity contribution is 0.483. The minimum absolute atomic E-state index is 0.707. The maximum atomic E-state index is 5.66. The van der Waals surface area contributed by atoms with Crippen molar-refractivity contribution in [1.82, 2.24) is 5.32 Å². The Labute approximate surface area is 114 Å². The monoisotopic (exact) mass is 255 g/mol. The van der Waals surface area contributed by atoms with Crippen molar-refractivity contribution in [2.24, 2.45) is 0 Å². The average molecular weight is 255 g/mol. The average Bonchev–Trinajstić information content (AvgIpc) is 3.09. The third-order valence-corrected chi connectivity index (χ3v) is 4.00. The van der Waals surface area contributed by atoms with Gasteiger partial charge in [-0.05, 0) is 61.9 Å². The highest BCUT2D eigenvalue weighted by atomic mass is 16.3. The Hall–Kier alpha value is -1.54. The van der Waals surface area contributed by atoms with Gasteiger partial charge in [-0.3, -0.25) is 0 Å². The molecule has 0 radical (unpaired) electrons. The van der Waals surface area contributed by atoms with Crippen LogP contribution in [-0.4, -0.2) is 6.04 Å². The summed E-state index contributed by atoms with van der Waals surface area (Å²) in [6.45, 7) is 7.34. The lowest BCUT2D eigenvalue weighted by Crippen LogP contribution is -2.15. The van der Waals surface area contributed by atoms with Gasteiger partial charge in [-0.2, -0.15) is 0 Å². The smallest absolute Gasteiger partial charge is 0.125 e. The number of furan rings is 1. The van der Waals surface area contributed by atoms with Crippen LogP contribution in [0.25, 0.3) is 11.1 Å². The molecular formula is C17H21NO. The Morgan fingerprint density at radius 3 is 2.53 bits per heavy atom. The molecule has 1 aromatic carbocycles. The molecule has 2 nitrogen and oxygen atoms in total. The molecule has 0 aliphatic heterocycles. The molecule has 1 heterocycles. The summed E-state index contributed by atoms with van der Waals surface area (Å²) >= 11 is 0. The molecule has 2 heteroatoms. The van der Waals surface area contributed by atoms with Gasteiger partial charge in [0.05, 0.1) is 12.8 Å². The fraction of sp³-hybridized carbons (Fsp3) is 0.412. The van der Waals surface area contributed by atoms with Gasteiger partial charge < -0.3 is 9.73 Å². The summed E-state index contributed by atoms with van der Waals surface area (Å²) < 4.78 is 5.66. The third-order valence-electron chi connectivity index (χ3n) is 4.00. The zero-order valence-electron chi connectivity index (χ0n) is 11.9. The maximum absolute atomic E-state index is 5.66. The minimum atomic E-state index is 0.707. The normalized spacial score (nSPS) is 14.9. The Bertz CT molecular complexity index is 593. The van der Waals surface area contributed by atoms with Crippen LogP contribution in [0.15, 0.2) is 28.9 Å². The van der Waals surface area contributed by atoms with E-state index in [1.54, 1.807) is 6.26 Å². The molecule has 1 aliphatic carbocycles. The highest BCUT2D eigenvalue weighted by Gasteiger charge is 2.21. The molecule has 1 N–H and O–H groups in total. The second kappa shape index (κ2) is 4.86. The lowest BCUT2D eigenvalue weighted by atomic mass is 9.96. The van der Waals surface area contributed by atoms with Crippen LogP contribution in [0.3, 0.4) is 0 Å². The van der Waals surface area contributed by atoms with Gasteiger partial charge in [0.25, 0.3) is 0 Å². The van der Waals surface area contributed by atoms with Gasteiger partial charge in [-0.25, -0.2) is 0 Å². The van der Waals surface area contributed by atoms with Crippen LogP contribution in [-0.2, 0) is 6.54 Å². The fourth-order valence-corrected chi connectivity index (χ4v) is 2.49. The van der Waals surface area contributed by atoms with Crippen LogP contribution in [0.2, 0.25) is 0 Å². The second-order valence-corrected chi connectivity index (χ2v) is 5.66. The first-order valence-electron chi connectivity index (χ1n) is 7.03. The van der Waals surface area contributed by atoms with Gasteiger partial charge in [-0.1, -0.05) is 12.1 Å². The first-order chi connectivity index (χ1) is 9.15. The van der Waals surface area contributed by atoms with Crippen LogP contribution in [0.1, 0.15) is 35.3 Å². The standard InChI is InChI=1S/C17H21NO/c1-11-8-13(3)16(9-12(11)2)15-6-7-19-17(15)10-18-14-4-5-14/h6-9,14,18H,4-5,10H2,1-3H3. The third kappa shape index (κ3) is 2.59. The van der Waals surface area contributed by atoms with E-state index in [0.717, 1.165) is 12.3 Å². The molecule has 0 amide bonds. The van der Waals surface area contributed by atoms with Crippen molar-refractivity contribution >= 4 is 0 Å². The number of nitrogens with one attached hydrogen (secondary N) is 1. The van der Waals surface area contributed by atoms with Gasteiger partial charge >= 0.3 is 0 Å². The van der Waals surface area contributed by atoms with Crippen molar-refractivity contribution in [2.45, 2.75) is 46.2 Å². The molecule has 19 heavy (non-hydrogen) atoms. The van der Waals surface area contributed by atoms with E-state index in [-0.39, 0.29) is 0 Å². The lowest BCUT2D eigenvalue weighted by Gasteiger charge is -2.10. The molecule has 1 saturated carbocycles. The Kier molecular flexibility index (Phi) is 3.19. The molecular weight excluding hydrogens is 234 g/mol. The number of aryl methyl sites for hydroxylation is 3. The largest absolute Gasteiger partial charge is 0.467 e. The van der Waals surface area contributed by atoms with E-state index in [9.17, 15) is 0 Å². The Morgan fingerprint density at radius 1 is 1.05 bits per heavy atom. The summed E-state index contributed by atoms with van der Waals surface area (Å²) in [7, 11) is 0. The maximum Gasteiger partial charge on any atom is 0.125 e. The number of hydrogen-bond acceptors (Lipinski definition) is 2. The molecule has 0 atom stereocenters. The van der Waals surface area contributed by atoms with Crippen LogP contribution in [0, 0.1) is 20.8 Å². The predicted molar refractivity (Wildman–Crippen MR) is 78.2 cm³/mol. The molecule has 1 aromatic heterocycles. The van der Waals surface area contributed by atoms with E-state index >= 15 is 0 Å². The van der Waals surface area contributed by atoms with Crippen molar-refractivity contribution in [1.29, 1.82) is 0 Å². The highest BCUT2D eigenvalue weighted by molar-refractivity contribution is 5.70. The summed E-state index contributed by atoms with van der Waals surface area (Å²) in [4.78, 5) is 0. The quantitative estimate of drug-likeness (QED) is 0.889. The van der Waals surface area contributed by atoms with E-state index in [4.69, 9.17) is 4.42 Å². The van der Waals surface area contributed by atoms with E-state index in [1.807, 2.05) is 0 Å². The van der Waals surface area contributed by atoms with Crippen molar-refractivity contribution in [3.63, 3.8) is 0 Å². The van der Waals surface area contributed by atoms with Crippen molar-refractivity contribution < 1.29 is 4.42 Å². The summed E-state index contributed by atoms with van der Waals surface area (Å²) in [6, 6.07) is 7.33. The summed E-state index contributed by atoms with van der Waals surface area (Å²) in [5, 5.41) is 3.52. The van der Waals surface area contributed by atoms with Gasteiger partial charge in [0.15, 0.2) is 0 Å². The molecule has 2 aromatic rings. The number of hydrogen-bond donors (Lipinski definition) is 1. The SMILES string of the molecule is Cc1cc(C)c(-c2ccoc2CNC2CC2)cc1C. The van der Waals surface area contributed by atoms with E-state index in [0.29, 0.717) is 6.04 Å². The van der Waals surface area contributed by atoms with Crippen molar-refractivity contribution in [2.75, 3.05) is 0 Å². The first kappa shape index (κ1) is 12.5. The fourth-order valence-electron chi connectivity index (χ4n) is 2.49. The molecule has 0 unspecified atom stereocenters. The molecule has 0 bridgehead atoms. The number of benzene rings is 1. The molecule has 1 aliphatic rings. The minimum Gasteiger partial charge on any atom is -0.467 e. The van der Waals surface area contributed by atoms with Crippen LogP contribution >= 0.6 is 0 Å². The van der Waals surface area contributed by atoms with E-state index < -0.39 is 0 Å². The topological polar surface area (TPSA) is 25.2 Å². The first-order valence-corrected chi connectivity index (χ1v) is 7.03. The highest BCUT2D eigenvalue weighted by Crippen LogP contribution is 2.30. The Balaban J connectivity index is 1.92. The van der Waals surface area contributed by atoms with Crippen LogP contribution in [0.5, 0.6) is 0 Å². The van der Waals surface area contributed by atoms with Crippen molar-refractivity contribution in [3.8, 4) is 11.1 Å². The molecule has 0 spiro atoms.